The second kappa shape index (κ2) is 7.95. The van der Waals surface area contributed by atoms with Gasteiger partial charge in [0.2, 0.25) is 5.91 Å². The van der Waals surface area contributed by atoms with Crippen molar-refractivity contribution in [2.45, 2.75) is 11.4 Å². The quantitative estimate of drug-likeness (QED) is 0.631. The van der Waals surface area contributed by atoms with E-state index in [0.717, 1.165) is 16.3 Å². The maximum atomic E-state index is 12.7. The molecular formula is C18H20N6O4S. The fourth-order valence-corrected chi connectivity index (χ4v) is 3.46. The molecule has 0 aliphatic rings. The largest absolute Gasteiger partial charge is 0.339 e. The smallest absolute Gasteiger partial charge is 0.332 e. The summed E-state index contributed by atoms with van der Waals surface area (Å²) < 4.78 is 3.59. The monoisotopic (exact) mass is 416 g/mol. The van der Waals surface area contributed by atoms with Gasteiger partial charge in [0.15, 0.2) is 11.2 Å². The number of hydrogen-bond acceptors (Lipinski definition) is 6. The molecule has 0 bridgehead atoms. The number of para-hydroxylation sites is 1. The van der Waals surface area contributed by atoms with Crippen molar-refractivity contribution >= 4 is 39.8 Å². The molecule has 1 N–H and O–H groups in total. The molecule has 3 rings (SSSR count). The predicted molar refractivity (Wildman–Crippen MR) is 110 cm³/mol. The van der Waals surface area contributed by atoms with Crippen molar-refractivity contribution < 1.29 is 9.59 Å². The zero-order valence-electron chi connectivity index (χ0n) is 16.4. The molecule has 0 aliphatic carbocycles. The minimum Gasteiger partial charge on any atom is -0.339 e. The standard InChI is InChI=1S/C18H20N6O4S/c1-21(2)18(28)29-12-8-6-5-7-11(12)20-13(25)9-24-16(26)14-15(19-10-22(14)3)23(4)17(24)27/h5-8,10H,9H2,1-4H3,(H,20,25). The molecule has 0 saturated carbocycles. The number of anilines is 1. The lowest BCUT2D eigenvalue weighted by molar-refractivity contribution is -0.116. The van der Waals surface area contributed by atoms with Gasteiger partial charge in [0, 0.05) is 33.1 Å². The van der Waals surface area contributed by atoms with Gasteiger partial charge in [-0.25, -0.2) is 14.3 Å². The van der Waals surface area contributed by atoms with Gasteiger partial charge in [-0.1, -0.05) is 12.1 Å². The number of benzene rings is 1. The Morgan fingerprint density at radius 1 is 1.17 bits per heavy atom. The van der Waals surface area contributed by atoms with Crippen molar-refractivity contribution in [2.24, 2.45) is 14.1 Å². The third-order valence-electron chi connectivity index (χ3n) is 4.23. The Labute approximate surface area is 169 Å². The molecule has 29 heavy (non-hydrogen) atoms. The molecule has 11 heteroatoms. The predicted octanol–water partition coefficient (Wildman–Crippen LogP) is 0.846. The van der Waals surface area contributed by atoms with Crippen molar-refractivity contribution in [3.8, 4) is 0 Å². The lowest BCUT2D eigenvalue weighted by atomic mass is 10.3. The number of imidazole rings is 1. The zero-order chi connectivity index (χ0) is 21.3. The number of carbonyl (C=O) groups is 2. The first-order valence-electron chi connectivity index (χ1n) is 8.59. The molecule has 10 nitrogen and oxygen atoms in total. The summed E-state index contributed by atoms with van der Waals surface area (Å²) in [6.45, 7) is -0.465. The molecule has 3 aromatic rings. The van der Waals surface area contributed by atoms with Crippen LogP contribution in [0.2, 0.25) is 0 Å². The number of aryl methyl sites for hydroxylation is 2. The van der Waals surface area contributed by atoms with Crippen LogP contribution in [-0.2, 0) is 25.4 Å². The van der Waals surface area contributed by atoms with E-state index >= 15 is 0 Å². The van der Waals surface area contributed by atoms with E-state index < -0.39 is 23.7 Å². The van der Waals surface area contributed by atoms with Gasteiger partial charge < -0.3 is 14.8 Å². The Bertz CT molecular complexity index is 1220. The van der Waals surface area contributed by atoms with Crippen LogP contribution in [0.3, 0.4) is 0 Å². The van der Waals surface area contributed by atoms with Crippen molar-refractivity contribution in [3.05, 3.63) is 51.4 Å². The van der Waals surface area contributed by atoms with Gasteiger partial charge in [-0.05, 0) is 23.9 Å². The maximum Gasteiger partial charge on any atom is 0.332 e. The van der Waals surface area contributed by atoms with Crippen molar-refractivity contribution in [1.29, 1.82) is 0 Å². The number of rotatable bonds is 4. The molecule has 1 aromatic carbocycles. The van der Waals surface area contributed by atoms with Crippen LogP contribution in [0.4, 0.5) is 10.5 Å². The second-order valence-corrected chi connectivity index (χ2v) is 7.56. The van der Waals surface area contributed by atoms with Crippen molar-refractivity contribution in [1.82, 2.24) is 23.6 Å². The van der Waals surface area contributed by atoms with E-state index in [1.807, 2.05) is 0 Å². The third kappa shape index (κ3) is 3.94. The van der Waals surface area contributed by atoms with Gasteiger partial charge in [-0.2, -0.15) is 0 Å². The molecule has 2 heterocycles. The summed E-state index contributed by atoms with van der Waals surface area (Å²) in [4.78, 5) is 55.8. The molecule has 2 aromatic heterocycles. The minimum absolute atomic E-state index is 0.196. The molecule has 0 saturated heterocycles. The van der Waals surface area contributed by atoms with Crippen LogP contribution in [0.1, 0.15) is 0 Å². The summed E-state index contributed by atoms with van der Waals surface area (Å²) in [6, 6.07) is 6.81. The molecule has 0 fully saturated rings. The average molecular weight is 416 g/mol. The maximum absolute atomic E-state index is 12.7. The molecule has 152 valence electrons. The number of fused-ring (bicyclic) bond motifs is 1. The number of carbonyl (C=O) groups excluding carboxylic acids is 2. The first kappa shape index (κ1) is 20.4. The van der Waals surface area contributed by atoms with E-state index in [1.165, 1.54) is 27.4 Å². The number of hydrogen-bond donors (Lipinski definition) is 1. The topological polar surface area (TPSA) is 111 Å². The van der Waals surface area contributed by atoms with Gasteiger partial charge in [-0.3, -0.25) is 19.0 Å². The van der Waals surface area contributed by atoms with Crippen LogP contribution in [0, 0.1) is 0 Å². The first-order chi connectivity index (χ1) is 13.7. The van der Waals surface area contributed by atoms with Crippen molar-refractivity contribution in [3.63, 3.8) is 0 Å². The molecule has 0 atom stereocenters. The summed E-state index contributed by atoms with van der Waals surface area (Å²) in [5.41, 5.74) is -0.329. The SMILES string of the molecule is CN(C)C(=O)Sc1ccccc1NC(=O)Cn1c(=O)c2c(ncn2C)n(C)c1=O. The summed E-state index contributed by atoms with van der Waals surface area (Å²) >= 11 is 0.967. The van der Waals surface area contributed by atoms with E-state index in [1.54, 1.807) is 45.4 Å². The van der Waals surface area contributed by atoms with Gasteiger partial charge in [0.05, 0.1) is 12.0 Å². The summed E-state index contributed by atoms with van der Waals surface area (Å²) in [5.74, 6) is -0.559. The Balaban J connectivity index is 1.90. The summed E-state index contributed by atoms with van der Waals surface area (Å²) in [5, 5.41) is 2.48. The Hall–Kier alpha value is -3.34. The van der Waals surface area contributed by atoms with Gasteiger partial charge in [0.1, 0.15) is 6.54 Å². The van der Waals surface area contributed by atoms with E-state index in [-0.39, 0.29) is 16.4 Å². The van der Waals surface area contributed by atoms with E-state index in [4.69, 9.17) is 0 Å². The normalized spacial score (nSPS) is 10.9. The number of amides is 2. The van der Waals surface area contributed by atoms with Gasteiger partial charge >= 0.3 is 5.69 Å². The molecule has 0 radical (unpaired) electrons. The molecular weight excluding hydrogens is 396 g/mol. The van der Waals surface area contributed by atoms with Crippen LogP contribution in [0.5, 0.6) is 0 Å². The van der Waals surface area contributed by atoms with Gasteiger partial charge in [-0.15, -0.1) is 0 Å². The number of nitrogens with zero attached hydrogens (tertiary/aromatic N) is 5. The highest BCUT2D eigenvalue weighted by Crippen LogP contribution is 2.28. The molecule has 0 aliphatic heterocycles. The zero-order valence-corrected chi connectivity index (χ0v) is 17.2. The number of thioether (sulfide) groups is 1. The van der Waals surface area contributed by atoms with E-state index in [2.05, 4.69) is 10.3 Å². The summed E-state index contributed by atoms with van der Waals surface area (Å²) in [6.07, 6.45) is 1.44. The highest BCUT2D eigenvalue weighted by molar-refractivity contribution is 8.13. The number of nitrogens with one attached hydrogen (secondary N) is 1. The lowest BCUT2D eigenvalue weighted by Gasteiger charge is -2.13. The average Bonchev–Trinajstić information content (AvgIpc) is 3.06. The van der Waals surface area contributed by atoms with Crippen LogP contribution in [0.25, 0.3) is 11.2 Å². The Morgan fingerprint density at radius 3 is 2.55 bits per heavy atom. The van der Waals surface area contributed by atoms with Crippen LogP contribution < -0.4 is 16.6 Å². The Morgan fingerprint density at radius 2 is 1.86 bits per heavy atom. The highest BCUT2D eigenvalue weighted by atomic mass is 32.2. The van der Waals surface area contributed by atoms with E-state index in [9.17, 15) is 19.2 Å². The lowest BCUT2D eigenvalue weighted by Crippen LogP contribution is -2.42. The fraction of sp³-hybridized carbons (Fsp3) is 0.278. The van der Waals surface area contributed by atoms with Crippen LogP contribution in [0.15, 0.2) is 45.1 Å². The van der Waals surface area contributed by atoms with Crippen molar-refractivity contribution in [2.75, 3.05) is 19.4 Å². The second-order valence-electron chi connectivity index (χ2n) is 6.57. The van der Waals surface area contributed by atoms with Crippen LogP contribution in [-0.4, -0.2) is 48.8 Å². The van der Waals surface area contributed by atoms with E-state index in [0.29, 0.717) is 10.6 Å². The Kier molecular flexibility index (Phi) is 5.59. The third-order valence-corrected chi connectivity index (χ3v) is 5.34. The first-order valence-corrected chi connectivity index (χ1v) is 9.41. The molecule has 2 amide bonds. The van der Waals surface area contributed by atoms with Gasteiger partial charge in [0.25, 0.3) is 10.8 Å². The highest BCUT2D eigenvalue weighted by Gasteiger charge is 2.18. The molecule has 0 spiro atoms. The number of aromatic nitrogens is 4. The summed E-state index contributed by atoms with van der Waals surface area (Å²) in [7, 11) is 6.39. The molecule has 0 unspecified atom stereocenters. The minimum atomic E-state index is -0.637. The fourth-order valence-electron chi connectivity index (χ4n) is 2.71. The van der Waals surface area contributed by atoms with Crippen LogP contribution >= 0.6 is 11.8 Å².